The molecule has 1 amide bonds. The van der Waals surface area contributed by atoms with E-state index in [4.69, 9.17) is 4.74 Å². The Hall–Kier alpha value is -3.13. The molecule has 1 N–H and O–H groups in total. The zero-order valence-corrected chi connectivity index (χ0v) is 21.9. The van der Waals surface area contributed by atoms with Gasteiger partial charge in [-0.1, -0.05) is 55.3 Å². The summed E-state index contributed by atoms with van der Waals surface area (Å²) in [5, 5.41) is 12.3. The van der Waals surface area contributed by atoms with Crippen LogP contribution in [0.1, 0.15) is 73.1 Å². The second-order valence-corrected chi connectivity index (χ2v) is 10.1. The van der Waals surface area contributed by atoms with Crippen LogP contribution in [-0.4, -0.2) is 45.9 Å². The normalized spacial score (nSPS) is 13.9. The van der Waals surface area contributed by atoms with E-state index in [-0.39, 0.29) is 17.4 Å². The predicted molar refractivity (Wildman–Crippen MR) is 142 cm³/mol. The minimum absolute atomic E-state index is 0.0480. The molecule has 0 aliphatic heterocycles. The van der Waals surface area contributed by atoms with E-state index in [0.717, 1.165) is 29.2 Å². The highest BCUT2D eigenvalue weighted by Gasteiger charge is 2.18. The maximum absolute atomic E-state index is 13.0. The van der Waals surface area contributed by atoms with Crippen LogP contribution in [-0.2, 0) is 11.2 Å². The fourth-order valence-corrected chi connectivity index (χ4v) is 5.51. The van der Waals surface area contributed by atoms with Gasteiger partial charge < -0.3 is 10.1 Å². The molecule has 3 aromatic rings. The van der Waals surface area contributed by atoms with Crippen molar-refractivity contribution >= 4 is 23.5 Å². The molecule has 0 radical (unpaired) electrons. The van der Waals surface area contributed by atoms with Crippen LogP contribution >= 0.6 is 11.8 Å². The smallest absolute Gasteiger partial charge is 0.216 e. The fraction of sp³-hybridized carbons (Fsp3) is 0.429. The van der Waals surface area contributed by atoms with Gasteiger partial charge in [-0.3, -0.25) is 14.2 Å². The number of nitrogens with one attached hydrogen (secondary N) is 1. The Balaban J connectivity index is 1.45. The number of aromatic nitrogens is 3. The third-order valence-electron chi connectivity index (χ3n) is 6.62. The van der Waals surface area contributed by atoms with Gasteiger partial charge in [0.2, 0.25) is 5.91 Å². The summed E-state index contributed by atoms with van der Waals surface area (Å²) in [6.45, 7) is 2.08. The van der Waals surface area contributed by atoms with Crippen molar-refractivity contribution in [1.29, 1.82) is 0 Å². The van der Waals surface area contributed by atoms with Gasteiger partial charge in [-0.05, 0) is 55.0 Å². The standard InChI is InChI=1S/C28H34N4O3S/c1-20(33)29-18-6-9-27-30-31-28(32(27)24-14-16-25(35-2)17-15-24)36-19-26(34)23-12-10-22(11-13-23)21-7-4-3-5-8-21/h10-17,21H,3-9,18-19H2,1-2H3,(H,29,33). The SMILES string of the molecule is COc1ccc(-n2c(CCCNC(C)=O)nnc2SCC(=O)c2ccc(C3CCCCC3)cc2)cc1. The maximum atomic E-state index is 13.0. The Labute approximate surface area is 217 Å². The van der Waals surface area contributed by atoms with E-state index in [1.54, 1.807) is 7.11 Å². The van der Waals surface area contributed by atoms with Crippen molar-refractivity contribution in [2.24, 2.45) is 0 Å². The van der Waals surface area contributed by atoms with Gasteiger partial charge >= 0.3 is 0 Å². The van der Waals surface area contributed by atoms with Gasteiger partial charge in [-0.15, -0.1) is 10.2 Å². The summed E-state index contributed by atoms with van der Waals surface area (Å²) in [5.74, 6) is 2.49. The second-order valence-electron chi connectivity index (χ2n) is 9.19. The number of amides is 1. The molecular weight excluding hydrogens is 472 g/mol. The van der Waals surface area contributed by atoms with Crippen molar-refractivity contribution in [2.75, 3.05) is 19.4 Å². The van der Waals surface area contributed by atoms with Gasteiger partial charge in [-0.25, -0.2) is 0 Å². The van der Waals surface area contributed by atoms with Crippen molar-refractivity contribution in [1.82, 2.24) is 20.1 Å². The summed E-state index contributed by atoms with van der Waals surface area (Å²) in [6, 6.07) is 15.9. The number of benzene rings is 2. The third kappa shape index (κ3) is 6.75. The van der Waals surface area contributed by atoms with Crippen molar-refractivity contribution in [3.05, 3.63) is 65.5 Å². The number of carbonyl (C=O) groups is 2. The van der Waals surface area contributed by atoms with Crippen LogP contribution in [0.5, 0.6) is 5.75 Å². The van der Waals surface area contributed by atoms with E-state index < -0.39 is 0 Å². The molecule has 0 unspecified atom stereocenters. The number of Topliss-reactive ketones (excluding diaryl/α,β-unsaturated/α-hetero) is 1. The number of methoxy groups -OCH3 is 1. The van der Waals surface area contributed by atoms with Crippen molar-refractivity contribution in [3.63, 3.8) is 0 Å². The number of hydrogen-bond donors (Lipinski definition) is 1. The van der Waals surface area contributed by atoms with Gasteiger partial charge in [0.15, 0.2) is 10.9 Å². The first-order chi connectivity index (χ1) is 17.5. The number of rotatable bonds is 11. The van der Waals surface area contributed by atoms with Crippen molar-refractivity contribution in [3.8, 4) is 11.4 Å². The second kappa shape index (κ2) is 12.7. The van der Waals surface area contributed by atoms with Crippen LogP contribution in [0, 0.1) is 0 Å². The van der Waals surface area contributed by atoms with Gasteiger partial charge in [0.05, 0.1) is 12.9 Å². The number of aryl methyl sites for hydroxylation is 1. The summed E-state index contributed by atoms with van der Waals surface area (Å²) >= 11 is 1.39. The molecule has 0 atom stereocenters. The molecule has 7 nitrogen and oxygen atoms in total. The van der Waals surface area contributed by atoms with Gasteiger partial charge in [0.1, 0.15) is 11.6 Å². The lowest BCUT2D eigenvalue weighted by molar-refractivity contribution is -0.118. The molecule has 36 heavy (non-hydrogen) atoms. The number of ketones is 1. The molecule has 1 fully saturated rings. The molecule has 8 heteroatoms. The Morgan fingerprint density at radius 2 is 1.75 bits per heavy atom. The molecule has 1 aromatic heterocycles. The highest BCUT2D eigenvalue weighted by Crippen LogP contribution is 2.33. The molecule has 1 aliphatic carbocycles. The number of thioether (sulfide) groups is 1. The highest BCUT2D eigenvalue weighted by atomic mass is 32.2. The van der Waals surface area contributed by atoms with E-state index in [1.165, 1.54) is 56.4 Å². The molecule has 4 rings (SSSR count). The third-order valence-corrected chi connectivity index (χ3v) is 7.55. The molecule has 0 bridgehead atoms. The minimum Gasteiger partial charge on any atom is -0.497 e. The zero-order chi connectivity index (χ0) is 25.3. The Morgan fingerprint density at radius 3 is 2.42 bits per heavy atom. The number of hydrogen-bond acceptors (Lipinski definition) is 6. The van der Waals surface area contributed by atoms with Crippen LogP contribution in [0.2, 0.25) is 0 Å². The summed E-state index contributed by atoms with van der Waals surface area (Å²) in [7, 11) is 1.63. The number of nitrogens with zero attached hydrogens (tertiary/aromatic N) is 3. The molecule has 1 saturated carbocycles. The van der Waals surface area contributed by atoms with E-state index >= 15 is 0 Å². The lowest BCUT2D eigenvalue weighted by Crippen LogP contribution is -2.21. The monoisotopic (exact) mass is 506 g/mol. The van der Waals surface area contributed by atoms with Crippen LogP contribution in [0.15, 0.2) is 53.7 Å². The average Bonchev–Trinajstić information content (AvgIpc) is 3.33. The van der Waals surface area contributed by atoms with Gasteiger partial charge in [0, 0.05) is 31.1 Å². The Bertz CT molecular complexity index is 1150. The predicted octanol–water partition coefficient (Wildman–Crippen LogP) is 5.37. The first-order valence-electron chi connectivity index (χ1n) is 12.6. The zero-order valence-electron chi connectivity index (χ0n) is 21.0. The largest absolute Gasteiger partial charge is 0.497 e. The van der Waals surface area contributed by atoms with Crippen LogP contribution in [0.25, 0.3) is 5.69 Å². The van der Waals surface area contributed by atoms with E-state index in [1.807, 2.05) is 41.0 Å². The quantitative estimate of drug-likeness (QED) is 0.214. The van der Waals surface area contributed by atoms with Gasteiger partial charge in [0.25, 0.3) is 0 Å². The average molecular weight is 507 g/mol. The van der Waals surface area contributed by atoms with Crippen molar-refractivity contribution in [2.45, 2.75) is 62.9 Å². The lowest BCUT2D eigenvalue weighted by atomic mass is 9.84. The molecule has 0 spiro atoms. The Kier molecular flexibility index (Phi) is 9.17. The molecule has 0 saturated heterocycles. The molecule has 190 valence electrons. The van der Waals surface area contributed by atoms with Crippen LogP contribution in [0.3, 0.4) is 0 Å². The minimum atomic E-state index is -0.0480. The maximum Gasteiger partial charge on any atom is 0.216 e. The fourth-order valence-electron chi connectivity index (χ4n) is 4.65. The van der Waals surface area contributed by atoms with Crippen molar-refractivity contribution < 1.29 is 14.3 Å². The summed E-state index contributed by atoms with van der Waals surface area (Å²) in [5.41, 5.74) is 2.98. The first kappa shape index (κ1) is 25.9. The van der Waals surface area contributed by atoms with E-state index in [9.17, 15) is 9.59 Å². The molecule has 1 heterocycles. The number of ether oxygens (including phenoxy) is 1. The van der Waals surface area contributed by atoms with E-state index in [0.29, 0.717) is 24.0 Å². The number of carbonyl (C=O) groups excluding carboxylic acids is 2. The molecular formula is C28H34N4O3S. The van der Waals surface area contributed by atoms with Crippen LogP contribution in [0.4, 0.5) is 0 Å². The molecule has 2 aromatic carbocycles. The van der Waals surface area contributed by atoms with E-state index in [2.05, 4.69) is 27.6 Å². The lowest BCUT2D eigenvalue weighted by Gasteiger charge is -2.22. The molecule has 1 aliphatic rings. The highest BCUT2D eigenvalue weighted by molar-refractivity contribution is 7.99. The Morgan fingerprint density at radius 1 is 1.03 bits per heavy atom. The summed E-state index contributed by atoms with van der Waals surface area (Å²) < 4.78 is 7.28. The summed E-state index contributed by atoms with van der Waals surface area (Å²) in [6.07, 6.45) is 7.82. The van der Waals surface area contributed by atoms with Crippen LogP contribution < -0.4 is 10.1 Å². The first-order valence-corrected chi connectivity index (χ1v) is 13.6. The summed E-state index contributed by atoms with van der Waals surface area (Å²) in [4.78, 5) is 24.2. The van der Waals surface area contributed by atoms with Gasteiger partial charge in [-0.2, -0.15) is 0 Å². The topological polar surface area (TPSA) is 86.1 Å².